The molecule has 0 heterocycles. The first-order valence-electron chi connectivity index (χ1n) is 7.00. The lowest BCUT2D eigenvalue weighted by Crippen LogP contribution is -2.53. The Morgan fingerprint density at radius 1 is 1.28 bits per heavy atom. The van der Waals surface area contributed by atoms with E-state index in [4.69, 9.17) is 0 Å². The molecule has 1 rings (SSSR count). The summed E-state index contributed by atoms with van der Waals surface area (Å²) >= 11 is 0. The van der Waals surface area contributed by atoms with Gasteiger partial charge in [-0.2, -0.15) is 0 Å². The minimum Gasteiger partial charge on any atom is -0.394 e. The highest BCUT2D eigenvalue weighted by Crippen LogP contribution is 2.32. The van der Waals surface area contributed by atoms with Gasteiger partial charge in [0.15, 0.2) is 9.84 Å². The summed E-state index contributed by atoms with van der Waals surface area (Å²) in [6.07, 6.45) is 5.97. The van der Waals surface area contributed by atoms with Crippen LogP contribution in [0.3, 0.4) is 0 Å². The first-order valence-corrected chi connectivity index (χ1v) is 8.82. The first kappa shape index (κ1) is 15.9. The van der Waals surface area contributed by atoms with Crippen molar-refractivity contribution in [1.29, 1.82) is 0 Å². The molecule has 1 atom stereocenters. The number of rotatable bonds is 7. The van der Waals surface area contributed by atoms with Gasteiger partial charge in [-0.25, -0.2) is 8.42 Å². The zero-order chi connectivity index (χ0) is 13.6. The van der Waals surface area contributed by atoms with Gasteiger partial charge < -0.3 is 10.4 Å². The van der Waals surface area contributed by atoms with E-state index < -0.39 is 9.84 Å². The molecule has 0 amide bonds. The van der Waals surface area contributed by atoms with Crippen LogP contribution in [0, 0.1) is 5.92 Å². The number of aliphatic hydroxyl groups is 1. The molecule has 1 saturated carbocycles. The van der Waals surface area contributed by atoms with Crippen LogP contribution >= 0.6 is 0 Å². The van der Waals surface area contributed by atoms with Gasteiger partial charge in [0.1, 0.15) is 0 Å². The number of sulfone groups is 1. The molecule has 0 unspecified atom stereocenters. The van der Waals surface area contributed by atoms with Crippen molar-refractivity contribution in [2.75, 3.05) is 24.7 Å². The van der Waals surface area contributed by atoms with Gasteiger partial charge in [-0.15, -0.1) is 0 Å². The van der Waals surface area contributed by atoms with Crippen LogP contribution in [0.25, 0.3) is 0 Å². The summed E-state index contributed by atoms with van der Waals surface area (Å²) < 4.78 is 22.9. The van der Waals surface area contributed by atoms with Gasteiger partial charge in [-0.3, -0.25) is 0 Å². The Balaban J connectivity index is 2.49. The SMILES string of the molecule is CCS(=O)(=O)CCN[C@@](C)(CO)C1CCCCC1. The Kier molecular flexibility index (Phi) is 6.08. The van der Waals surface area contributed by atoms with E-state index >= 15 is 0 Å². The Bertz CT molecular complexity index is 336. The van der Waals surface area contributed by atoms with Crippen LogP contribution in [0.15, 0.2) is 0 Å². The maximum absolute atomic E-state index is 11.4. The lowest BCUT2D eigenvalue weighted by Gasteiger charge is -2.39. The largest absolute Gasteiger partial charge is 0.394 e. The number of aliphatic hydroxyl groups excluding tert-OH is 1. The normalized spacial score (nSPS) is 21.7. The van der Waals surface area contributed by atoms with Crippen LogP contribution in [0.1, 0.15) is 46.0 Å². The second-order valence-electron chi connectivity index (χ2n) is 5.57. The molecule has 0 spiro atoms. The summed E-state index contributed by atoms with van der Waals surface area (Å²) in [5, 5.41) is 12.9. The van der Waals surface area contributed by atoms with Crippen molar-refractivity contribution in [3.05, 3.63) is 0 Å². The third-order valence-electron chi connectivity index (χ3n) is 4.22. The molecule has 1 aliphatic rings. The maximum atomic E-state index is 11.4. The van der Waals surface area contributed by atoms with Crippen molar-refractivity contribution in [1.82, 2.24) is 5.32 Å². The number of nitrogens with one attached hydrogen (secondary N) is 1. The van der Waals surface area contributed by atoms with Crippen molar-refractivity contribution >= 4 is 9.84 Å². The van der Waals surface area contributed by atoms with Gasteiger partial charge in [0.05, 0.1) is 12.4 Å². The Morgan fingerprint density at radius 2 is 1.89 bits per heavy atom. The van der Waals surface area contributed by atoms with Crippen LogP contribution in [-0.2, 0) is 9.84 Å². The van der Waals surface area contributed by atoms with Gasteiger partial charge >= 0.3 is 0 Å². The summed E-state index contributed by atoms with van der Waals surface area (Å²) in [7, 11) is -2.92. The van der Waals surface area contributed by atoms with Crippen LogP contribution in [-0.4, -0.2) is 43.7 Å². The van der Waals surface area contributed by atoms with E-state index in [0.29, 0.717) is 12.5 Å². The fourth-order valence-corrected chi connectivity index (χ4v) is 3.41. The summed E-state index contributed by atoms with van der Waals surface area (Å²) in [5.74, 6) is 0.806. The van der Waals surface area contributed by atoms with E-state index in [-0.39, 0.29) is 23.7 Å². The van der Waals surface area contributed by atoms with Crippen molar-refractivity contribution in [3.8, 4) is 0 Å². The second-order valence-corrected chi connectivity index (χ2v) is 8.05. The summed E-state index contributed by atoms with van der Waals surface area (Å²) in [6.45, 7) is 4.19. The topological polar surface area (TPSA) is 66.4 Å². The molecule has 0 aromatic rings. The average Bonchev–Trinajstić information content (AvgIpc) is 2.39. The standard InChI is InChI=1S/C13H27NO3S/c1-3-18(16,17)10-9-14-13(2,11-15)12-7-5-4-6-8-12/h12,14-15H,3-11H2,1-2H3/t13-/m0/s1. The van der Waals surface area contributed by atoms with Crippen molar-refractivity contribution < 1.29 is 13.5 Å². The van der Waals surface area contributed by atoms with Crippen LogP contribution in [0.2, 0.25) is 0 Å². The monoisotopic (exact) mass is 277 g/mol. The predicted octanol–water partition coefficient (Wildman–Crippen LogP) is 1.34. The van der Waals surface area contributed by atoms with Crippen LogP contribution in [0.5, 0.6) is 0 Å². The van der Waals surface area contributed by atoms with E-state index in [0.717, 1.165) is 12.8 Å². The van der Waals surface area contributed by atoms with Gasteiger partial charge in [0, 0.05) is 17.8 Å². The van der Waals surface area contributed by atoms with Crippen LogP contribution in [0.4, 0.5) is 0 Å². The van der Waals surface area contributed by atoms with E-state index in [1.165, 1.54) is 19.3 Å². The van der Waals surface area contributed by atoms with Gasteiger partial charge in [0.2, 0.25) is 0 Å². The molecule has 2 N–H and O–H groups in total. The molecule has 4 nitrogen and oxygen atoms in total. The van der Waals surface area contributed by atoms with Gasteiger partial charge in [0.25, 0.3) is 0 Å². The molecule has 0 aromatic heterocycles. The molecule has 5 heteroatoms. The quantitative estimate of drug-likeness (QED) is 0.737. The van der Waals surface area contributed by atoms with E-state index in [2.05, 4.69) is 5.32 Å². The first-order chi connectivity index (χ1) is 8.43. The average molecular weight is 277 g/mol. The van der Waals surface area contributed by atoms with E-state index in [9.17, 15) is 13.5 Å². The molecule has 0 aromatic carbocycles. The maximum Gasteiger partial charge on any atom is 0.151 e. The zero-order valence-corrected chi connectivity index (χ0v) is 12.4. The highest BCUT2D eigenvalue weighted by Gasteiger charge is 2.33. The zero-order valence-electron chi connectivity index (χ0n) is 11.6. The van der Waals surface area contributed by atoms with Crippen molar-refractivity contribution in [2.45, 2.75) is 51.5 Å². The summed E-state index contributed by atoms with van der Waals surface area (Å²) in [6, 6.07) is 0. The molecular weight excluding hydrogens is 250 g/mol. The molecule has 0 radical (unpaired) electrons. The molecule has 108 valence electrons. The highest BCUT2D eigenvalue weighted by atomic mass is 32.2. The molecular formula is C13H27NO3S. The Hall–Kier alpha value is -0.130. The fraction of sp³-hybridized carbons (Fsp3) is 1.00. The lowest BCUT2D eigenvalue weighted by atomic mass is 9.76. The third-order valence-corrected chi connectivity index (χ3v) is 5.92. The van der Waals surface area contributed by atoms with E-state index in [1.54, 1.807) is 6.92 Å². The Morgan fingerprint density at radius 3 is 2.39 bits per heavy atom. The Labute approximate surface area is 111 Å². The molecule has 1 fully saturated rings. The van der Waals surface area contributed by atoms with E-state index in [1.807, 2.05) is 6.92 Å². The fourth-order valence-electron chi connectivity index (χ4n) is 2.71. The number of hydrogen-bond acceptors (Lipinski definition) is 4. The van der Waals surface area contributed by atoms with Gasteiger partial charge in [-0.05, 0) is 25.7 Å². The van der Waals surface area contributed by atoms with Crippen molar-refractivity contribution in [3.63, 3.8) is 0 Å². The molecule has 0 bridgehead atoms. The smallest absolute Gasteiger partial charge is 0.151 e. The predicted molar refractivity (Wildman–Crippen MR) is 74.4 cm³/mol. The molecule has 0 saturated heterocycles. The highest BCUT2D eigenvalue weighted by molar-refractivity contribution is 7.91. The molecule has 1 aliphatic carbocycles. The summed E-state index contributed by atoms with van der Waals surface area (Å²) in [4.78, 5) is 0. The molecule has 0 aliphatic heterocycles. The number of hydrogen-bond donors (Lipinski definition) is 2. The molecule has 18 heavy (non-hydrogen) atoms. The summed E-state index contributed by atoms with van der Waals surface area (Å²) in [5.41, 5.74) is -0.330. The van der Waals surface area contributed by atoms with Crippen LogP contribution < -0.4 is 5.32 Å². The minimum atomic E-state index is -2.92. The van der Waals surface area contributed by atoms with Crippen molar-refractivity contribution in [2.24, 2.45) is 5.92 Å². The second kappa shape index (κ2) is 6.87. The van der Waals surface area contributed by atoms with Gasteiger partial charge in [-0.1, -0.05) is 26.2 Å². The minimum absolute atomic E-state index is 0.0733. The lowest BCUT2D eigenvalue weighted by molar-refractivity contribution is 0.0971. The third kappa shape index (κ3) is 4.52.